The van der Waals surface area contributed by atoms with Crippen molar-refractivity contribution in [1.29, 1.82) is 0 Å². The first-order valence-corrected chi connectivity index (χ1v) is 15.8. The van der Waals surface area contributed by atoms with Crippen LogP contribution < -0.4 is 5.32 Å². The number of ketones is 2. The van der Waals surface area contributed by atoms with Crippen molar-refractivity contribution >= 4 is 23.6 Å². The van der Waals surface area contributed by atoms with Gasteiger partial charge in [0.25, 0.3) is 0 Å². The lowest BCUT2D eigenvalue weighted by Gasteiger charge is -2.62. The van der Waals surface area contributed by atoms with Crippen LogP contribution in [0.4, 0.5) is 9.18 Å². The minimum Gasteiger partial charge on any atom is -0.434 e. The number of allylic oxidation sites excluding steroid dienone is 4. The van der Waals surface area contributed by atoms with Gasteiger partial charge in [-0.25, -0.2) is 9.18 Å². The maximum atomic E-state index is 17.3. The van der Waals surface area contributed by atoms with Crippen LogP contribution in [0.25, 0.3) is 0 Å². The summed E-state index contributed by atoms with van der Waals surface area (Å²) in [6.45, 7) is 4.70. The lowest BCUT2D eigenvalue weighted by atomic mass is 9.44. The standard InChI is InChI=1S/C33H46FNO8/c1-19-13-25-24-10-9-22-15-23(36)11-12-30(22,2)32(24,34)26(37)16-31(25,3)33(19,41)27(38)18-43-29(40)42-17-21-7-5-20(6-8-21)14-28(39)35-4/h11-12,15,19-21,24-26,37,41H,5-10,13-14,16-18H2,1-4H3,(H,35,39)/t19-,20?,21?,24+,25+,26+,30+,31+,32+,33+/m1/s1. The number of carbonyl (C=O) groups is 4. The number of hydrogen-bond acceptors (Lipinski definition) is 8. The molecule has 3 N–H and O–H groups in total. The van der Waals surface area contributed by atoms with Crippen molar-refractivity contribution in [3.05, 3.63) is 23.8 Å². The van der Waals surface area contributed by atoms with Crippen LogP contribution in [0.5, 0.6) is 0 Å². The van der Waals surface area contributed by atoms with Crippen molar-refractivity contribution in [2.24, 2.45) is 40.4 Å². The number of alkyl halides is 1. The van der Waals surface area contributed by atoms with Crippen LogP contribution in [0.15, 0.2) is 23.8 Å². The molecule has 0 aromatic carbocycles. The Labute approximate surface area is 252 Å². The number of Topliss-reactive ketones (excluding diaryl/α,β-unsaturated/α-hetero) is 1. The summed E-state index contributed by atoms with van der Waals surface area (Å²) in [6, 6.07) is 0. The highest BCUT2D eigenvalue weighted by atomic mass is 19.1. The van der Waals surface area contributed by atoms with Gasteiger partial charge >= 0.3 is 6.16 Å². The third-order valence-corrected chi connectivity index (χ3v) is 12.1. The van der Waals surface area contributed by atoms with E-state index in [0.717, 1.165) is 25.7 Å². The fraction of sp³-hybridized carbons (Fsp3) is 0.758. The topological polar surface area (TPSA) is 139 Å². The quantitative estimate of drug-likeness (QED) is 0.371. The summed E-state index contributed by atoms with van der Waals surface area (Å²) in [5, 5.41) is 26.2. The molecule has 0 unspecified atom stereocenters. The fourth-order valence-corrected chi connectivity index (χ4v) is 9.57. The van der Waals surface area contributed by atoms with E-state index in [4.69, 9.17) is 9.47 Å². The van der Waals surface area contributed by atoms with Gasteiger partial charge in [-0.3, -0.25) is 14.4 Å². The van der Waals surface area contributed by atoms with E-state index in [2.05, 4.69) is 5.32 Å². The summed E-state index contributed by atoms with van der Waals surface area (Å²) in [4.78, 5) is 49.7. The van der Waals surface area contributed by atoms with Crippen molar-refractivity contribution in [3.63, 3.8) is 0 Å². The smallest absolute Gasteiger partial charge is 0.434 e. The second-order valence-electron chi connectivity index (χ2n) is 14.2. The van der Waals surface area contributed by atoms with Gasteiger partial charge in [-0.15, -0.1) is 0 Å². The maximum Gasteiger partial charge on any atom is 0.508 e. The number of ether oxygens (including phenoxy) is 2. The van der Waals surface area contributed by atoms with Gasteiger partial charge in [-0.1, -0.05) is 25.5 Å². The molecule has 1 amide bonds. The van der Waals surface area contributed by atoms with E-state index in [9.17, 15) is 29.4 Å². The molecule has 8 atom stereocenters. The monoisotopic (exact) mass is 603 g/mol. The van der Waals surface area contributed by atoms with Crippen LogP contribution in [0.3, 0.4) is 0 Å². The number of nitrogens with one attached hydrogen (secondary N) is 1. The summed E-state index contributed by atoms with van der Waals surface area (Å²) in [7, 11) is 1.62. The molecule has 0 spiro atoms. The highest BCUT2D eigenvalue weighted by Gasteiger charge is 2.75. The van der Waals surface area contributed by atoms with Crippen molar-refractivity contribution in [1.82, 2.24) is 5.32 Å². The Morgan fingerprint density at radius 3 is 2.42 bits per heavy atom. The Balaban J connectivity index is 1.21. The lowest BCUT2D eigenvalue weighted by Crippen LogP contribution is -2.69. The summed E-state index contributed by atoms with van der Waals surface area (Å²) >= 11 is 0. The SMILES string of the molecule is CNC(=O)CC1CCC(COC(=O)OCC(=O)[C@@]2(O)[C@H](C)C[C@H]3[C@@H]4CCC5=CC(=O)C=C[C@]5(C)[C@@]4(F)[C@@H](O)C[C@@]32C)CC1. The molecule has 0 heterocycles. The number of hydrogen-bond donors (Lipinski definition) is 3. The molecule has 5 aliphatic carbocycles. The fourth-order valence-electron chi connectivity index (χ4n) is 9.57. The van der Waals surface area contributed by atoms with E-state index in [-0.39, 0.29) is 30.6 Å². The molecule has 4 saturated carbocycles. The average molecular weight is 604 g/mol. The zero-order valence-corrected chi connectivity index (χ0v) is 25.7. The van der Waals surface area contributed by atoms with Crippen LogP contribution >= 0.6 is 0 Å². The number of carbonyl (C=O) groups excluding carboxylic acids is 4. The van der Waals surface area contributed by atoms with E-state index in [1.54, 1.807) is 33.9 Å². The Morgan fingerprint density at radius 1 is 1.07 bits per heavy atom. The summed E-state index contributed by atoms with van der Waals surface area (Å²) in [5.41, 5.74) is -5.63. The number of fused-ring (bicyclic) bond motifs is 5. The number of aliphatic hydroxyl groups is 2. The number of rotatable bonds is 7. The molecule has 0 aromatic rings. The Bertz CT molecular complexity index is 1230. The van der Waals surface area contributed by atoms with Crippen LogP contribution in [0.1, 0.15) is 78.6 Å². The van der Waals surface area contributed by atoms with E-state index in [0.29, 0.717) is 37.2 Å². The van der Waals surface area contributed by atoms with Crippen molar-refractivity contribution < 1.29 is 43.3 Å². The summed E-state index contributed by atoms with van der Waals surface area (Å²) < 4.78 is 27.8. The van der Waals surface area contributed by atoms with Crippen LogP contribution in [-0.2, 0) is 23.9 Å². The zero-order valence-electron chi connectivity index (χ0n) is 25.7. The van der Waals surface area contributed by atoms with E-state index >= 15 is 4.39 Å². The van der Waals surface area contributed by atoms with E-state index in [1.165, 1.54) is 12.2 Å². The predicted molar refractivity (Wildman–Crippen MR) is 154 cm³/mol. The molecule has 0 bridgehead atoms. The highest BCUT2D eigenvalue weighted by Crippen LogP contribution is 2.70. The molecular formula is C33H46FNO8. The minimum atomic E-state index is -2.06. The number of aliphatic hydroxyl groups excluding tert-OH is 1. The third-order valence-electron chi connectivity index (χ3n) is 12.1. The first-order chi connectivity index (χ1) is 20.2. The van der Waals surface area contributed by atoms with Gasteiger partial charge in [0.1, 0.15) is 5.60 Å². The molecule has 0 aliphatic heterocycles. The molecule has 9 nitrogen and oxygen atoms in total. The Kier molecular flexibility index (Phi) is 8.44. The number of halogens is 1. The normalized spacial score (nSPS) is 43.5. The molecule has 238 valence electrons. The minimum absolute atomic E-state index is 0.0245. The van der Waals surface area contributed by atoms with Crippen LogP contribution in [-0.4, -0.2) is 71.5 Å². The molecule has 5 rings (SSSR count). The molecule has 0 aromatic heterocycles. The van der Waals surface area contributed by atoms with Crippen molar-refractivity contribution in [2.45, 2.75) is 95.9 Å². The second kappa shape index (κ2) is 11.4. The zero-order chi connectivity index (χ0) is 31.4. The van der Waals surface area contributed by atoms with Crippen LogP contribution in [0, 0.1) is 40.4 Å². The van der Waals surface area contributed by atoms with Crippen molar-refractivity contribution in [3.8, 4) is 0 Å². The molecule has 4 fully saturated rings. The van der Waals surface area contributed by atoms with Gasteiger partial charge in [0, 0.05) is 30.2 Å². The summed E-state index contributed by atoms with van der Waals surface area (Å²) in [5.74, 6) is -1.97. The van der Waals surface area contributed by atoms with Gasteiger partial charge in [0.15, 0.2) is 18.1 Å². The molecule has 0 saturated heterocycles. The van der Waals surface area contributed by atoms with Gasteiger partial charge in [-0.05, 0) is 94.1 Å². The Morgan fingerprint density at radius 2 is 1.74 bits per heavy atom. The molecule has 5 aliphatic rings. The van der Waals surface area contributed by atoms with E-state index in [1.807, 2.05) is 0 Å². The van der Waals surface area contributed by atoms with Gasteiger partial charge in [-0.2, -0.15) is 0 Å². The first-order valence-electron chi connectivity index (χ1n) is 15.8. The second-order valence-corrected chi connectivity index (χ2v) is 14.2. The lowest BCUT2D eigenvalue weighted by molar-refractivity contribution is -0.219. The van der Waals surface area contributed by atoms with Crippen molar-refractivity contribution in [2.75, 3.05) is 20.3 Å². The molecular weight excluding hydrogens is 557 g/mol. The molecule has 10 heteroatoms. The first kappa shape index (κ1) is 31.8. The van der Waals surface area contributed by atoms with Crippen LogP contribution in [0.2, 0.25) is 0 Å². The molecule has 43 heavy (non-hydrogen) atoms. The number of amides is 1. The largest absolute Gasteiger partial charge is 0.508 e. The van der Waals surface area contributed by atoms with E-state index < -0.39 is 64.5 Å². The third kappa shape index (κ3) is 4.96. The average Bonchev–Trinajstić information content (AvgIpc) is 3.18. The maximum absolute atomic E-state index is 17.3. The Hall–Kier alpha value is -2.59. The predicted octanol–water partition coefficient (Wildman–Crippen LogP) is 4.00. The van der Waals surface area contributed by atoms with Gasteiger partial charge in [0.05, 0.1) is 12.7 Å². The highest BCUT2D eigenvalue weighted by molar-refractivity contribution is 6.01. The molecule has 0 radical (unpaired) electrons. The summed E-state index contributed by atoms with van der Waals surface area (Å²) in [6.07, 6.45) is 6.97. The van der Waals surface area contributed by atoms with Gasteiger partial charge in [0.2, 0.25) is 11.7 Å². The van der Waals surface area contributed by atoms with Gasteiger partial charge < -0.3 is 25.0 Å².